The van der Waals surface area contributed by atoms with Gasteiger partial charge in [0.15, 0.2) is 5.69 Å². The lowest BCUT2D eigenvalue weighted by molar-refractivity contribution is 0.0297. The van der Waals surface area contributed by atoms with E-state index < -0.39 is 0 Å². The molecule has 0 radical (unpaired) electrons. The van der Waals surface area contributed by atoms with Gasteiger partial charge in [-0.05, 0) is 18.6 Å². The van der Waals surface area contributed by atoms with E-state index in [0.29, 0.717) is 32.0 Å². The molecule has 1 atom stereocenters. The maximum Gasteiger partial charge on any atom is 0.274 e. The Bertz CT molecular complexity index is 1140. The number of likely N-dealkylation sites (tertiary alicyclic amines) is 1. The van der Waals surface area contributed by atoms with Gasteiger partial charge in [-0.3, -0.25) is 19.1 Å². The van der Waals surface area contributed by atoms with Crippen molar-refractivity contribution in [2.75, 3.05) is 45.9 Å². The molecule has 6 rings (SSSR count). The van der Waals surface area contributed by atoms with Crippen LogP contribution in [0.15, 0.2) is 47.6 Å². The van der Waals surface area contributed by atoms with Gasteiger partial charge < -0.3 is 9.64 Å². The fourth-order valence-corrected chi connectivity index (χ4v) is 6.14. The molecule has 0 bridgehead atoms. The van der Waals surface area contributed by atoms with Crippen LogP contribution in [0.25, 0.3) is 11.3 Å². The predicted molar refractivity (Wildman–Crippen MR) is 126 cm³/mol. The number of amides is 1. The molecule has 1 amide bonds. The van der Waals surface area contributed by atoms with Gasteiger partial charge in [0.1, 0.15) is 0 Å². The minimum absolute atomic E-state index is 0.0433. The molecule has 2 saturated heterocycles. The fourth-order valence-electron chi connectivity index (χ4n) is 5.07. The van der Waals surface area contributed by atoms with E-state index in [1.807, 2.05) is 28.0 Å². The fraction of sp³-hybridized carbons (Fsp3) is 0.458. The highest BCUT2D eigenvalue weighted by Gasteiger charge is 2.35. The summed E-state index contributed by atoms with van der Waals surface area (Å²) in [7, 11) is 0. The van der Waals surface area contributed by atoms with E-state index in [2.05, 4.69) is 38.9 Å². The molecular formula is C24H28N6O2S. The highest BCUT2D eigenvalue weighted by Crippen LogP contribution is 2.44. The Balaban J connectivity index is 1.31. The van der Waals surface area contributed by atoms with Gasteiger partial charge in [0, 0.05) is 66.9 Å². The van der Waals surface area contributed by atoms with E-state index >= 15 is 0 Å². The molecule has 1 unspecified atom stereocenters. The second-order valence-electron chi connectivity index (χ2n) is 8.82. The Labute approximate surface area is 197 Å². The van der Waals surface area contributed by atoms with Gasteiger partial charge in [0.25, 0.3) is 5.91 Å². The first-order valence-electron chi connectivity index (χ1n) is 11.7. The molecule has 2 fully saturated rings. The summed E-state index contributed by atoms with van der Waals surface area (Å²) < 4.78 is 9.62. The zero-order valence-corrected chi connectivity index (χ0v) is 19.4. The third-order valence-corrected chi connectivity index (χ3v) is 7.92. The Hall–Kier alpha value is -2.62. The number of fused-ring (bicyclic) bond motifs is 3. The second-order valence-corrected chi connectivity index (χ2v) is 9.84. The van der Waals surface area contributed by atoms with Crippen LogP contribution in [0.2, 0.25) is 0 Å². The lowest BCUT2D eigenvalue weighted by Crippen LogP contribution is -2.41. The van der Waals surface area contributed by atoms with Crippen LogP contribution < -0.4 is 0 Å². The quantitative estimate of drug-likeness (QED) is 0.579. The second kappa shape index (κ2) is 8.96. The van der Waals surface area contributed by atoms with E-state index in [-0.39, 0.29) is 11.9 Å². The predicted octanol–water partition coefficient (Wildman–Crippen LogP) is 2.77. The summed E-state index contributed by atoms with van der Waals surface area (Å²) in [6.45, 7) is 6.29. The number of carbonyl (C=O) groups excluding carboxylic acids is 1. The zero-order chi connectivity index (χ0) is 22.2. The molecular weight excluding hydrogens is 436 g/mol. The van der Waals surface area contributed by atoms with Crippen LogP contribution >= 0.6 is 11.8 Å². The number of carbonyl (C=O) groups is 1. The van der Waals surface area contributed by atoms with Crippen molar-refractivity contribution in [3.8, 4) is 11.3 Å². The molecule has 0 aliphatic carbocycles. The van der Waals surface area contributed by atoms with Crippen LogP contribution in [0.5, 0.6) is 0 Å². The van der Waals surface area contributed by atoms with Crippen LogP contribution in [0.3, 0.4) is 0 Å². The summed E-state index contributed by atoms with van der Waals surface area (Å²) in [5.74, 6) is 0.829. The minimum Gasteiger partial charge on any atom is -0.378 e. The first-order chi connectivity index (χ1) is 16.3. The Morgan fingerprint density at radius 1 is 1.12 bits per heavy atom. The van der Waals surface area contributed by atoms with Crippen molar-refractivity contribution in [3.05, 3.63) is 54.0 Å². The van der Waals surface area contributed by atoms with Crippen LogP contribution in [0.4, 0.5) is 0 Å². The van der Waals surface area contributed by atoms with Crippen LogP contribution in [-0.4, -0.2) is 81.2 Å². The summed E-state index contributed by atoms with van der Waals surface area (Å²) in [5.41, 5.74) is 4.06. The maximum absolute atomic E-state index is 13.5. The van der Waals surface area contributed by atoms with E-state index in [9.17, 15) is 4.79 Å². The van der Waals surface area contributed by atoms with Gasteiger partial charge in [0.05, 0.1) is 31.5 Å². The third-order valence-electron chi connectivity index (χ3n) is 6.82. The monoisotopic (exact) mass is 464 g/mol. The lowest BCUT2D eigenvalue weighted by Gasteiger charge is -2.26. The number of hydrogen-bond donors (Lipinski definition) is 0. The first kappa shape index (κ1) is 20.9. The van der Waals surface area contributed by atoms with Gasteiger partial charge in [-0.2, -0.15) is 10.2 Å². The number of hydrogen-bond acceptors (Lipinski definition) is 6. The summed E-state index contributed by atoms with van der Waals surface area (Å²) in [5, 5.41) is 9.34. The Morgan fingerprint density at radius 2 is 2.00 bits per heavy atom. The number of rotatable bonds is 5. The van der Waals surface area contributed by atoms with Gasteiger partial charge in [-0.1, -0.05) is 18.2 Å². The number of morpholine rings is 1. The molecule has 172 valence electrons. The van der Waals surface area contributed by atoms with Crippen molar-refractivity contribution >= 4 is 17.7 Å². The van der Waals surface area contributed by atoms with Crippen LogP contribution in [0, 0.1) is 0 Å². The third kappa shape index (κ3) is 3.98. The average molecular weight is 465 g/mol. The lowest BCUT2D eigenvalue weighted by atomic mass is 10.0. The number of ether oxygens (including phenoxy) is 1. The topological polar surface area (TPSA) is 68.4 Å². The average Bonchev–Trinajstić information content (AvgIpc) is 3.62. The van der Waals surface area contributed by atoms with Crippen molar-refractivity contribution in [2.24, 2.45) is 0 Å². The summed E-state index contributed by atoms with van der Waals surface area (Å²) in [4.78, 5) is 19.1. The van der Waals surface area contributed by atoms with E-state index in [1.165, 1.54) is 10.5 Å². The van der Waals surface area contributed by atoms with E-state index in [1.54, 1.807) is 11.8 Å². The normalized spacial score (nSPS) is 20.6. The SMILES string of the molecule is O=C(c1nn(C2CCN(CCn3cccn3)C2)c2c1CSc1ccccc1-2)N1CCOCC1. The number of thioether (sulfide) groups is 1. The molecule has 8 nitrogen and oxygen atoms in total. The van der Waals surface area contributed by atoms with Crippen molar-refractivity contribution in [1.29, 1.82) is 0 Å². The van der Waals surface area contributed by atoms with Gasteiger partial charge in [0.2, 0.25) is 0 Å². The molecule has 3 aromatic rings. The van der Waals surface area contributed by atoms with Crippen molar-refractivity contribution < 1.29 is 9.53 Å². The molecule has 0 saturated carbocycles. The van der Waals surface area contributed by atoms with Crippen LogP contribution in [0.1, 0.15) is 28.5 Å². The molecule has 5 heterocycles. The maximum atomic E-state index is 13.5. The minimum atomic E-state index is 0.0433. The summed E-state index contributed by atoms with van der Waals surface area (Å²) in [6, 6.07) is 10.7. The molecule has 9 heteroatoms. The Kier molecular flexibility index (Phi) is 5.69. The Morgan fingerprint density at radius 3 is 2.85 bits per heavy atom. The molecule has 1 aromatic carbocycles. The summed E-state index contributed by atoms with van der Waals surface area (Å²) in [6.07, 6.45) is 4.87. The van der Waals surface area contributed by atoms with Gasteiger partial charge >= 0.3 is 0 Å². The van der Waals surface area contributed by atoms with E-state index in [0.717, 1.165) is 49.6 Å². The number of aromatic nitrogens is 4. The van der Waals surface area contributed by atoms with Crippen molar-refractivity contribution in [2.45, 2.75) is 29.7 Å². The first-order valence-corrected chi connectivity index (χ1v) is 12.7. The largest absolute Gasteiger partial charge is 0.378 e. The molecule has 0 N–H and O–H groups in total. The zero-order valence-electron chi connectivity index (χ0n) is 18.6. The highest BCUT2D eigenvalue weighted by atomic mass is 32.2. The standard InChI is InChI=1S/C24H28N6O2S/c31-24(28-12-14-32-15-13-28)22-20-17-33-21-5-2-1-4-19(21)23(20)30(26-22)18-6-9-27(16-18)10-11-29-8-3-7-25-29/h1-5,7-8,18H,6,9-17H2. The number of benzene rings is 1. The molecule has 0 spiro atoms. The van der Waals surface area contributed by atoms with Crippen molar-refractivity contribution in [3.63, 3.8) is 0 Å². The molecule has 2 aromatic heterocycles. The molecule has 3 aliphatic rings. The smallest absolute Gasteiger partial charge is 0.274 e. The van der Waals surface area contributed by atoms with E-state index in [4.69, 9.17) is 9.84 Å². The van der Waals surface area contributed by atoms with Crippen LogP contribution in [-0.2, 0) is 17.0 Å². The number of nitrogens with zero attached hydrogens (tertiary/aromatic N) is 6. The van der Waals surface area contributed by atoms with Crippen molar-refractivity contribution in [1.82, 2.24) is 29.4 Å². The highest BCUT2D eigenvalue weighted by molar-refractivity contribution is 7.98. The van der Waals surface area contributed by atoms with Gasteiger partial charge in [-0.15, -0.1) is 11.8 Å². The molecule has 3 aliphatic heterocycles. The molecule has 33 heavy (non-hydrogen) atoms. The summed E-state index contributed by atoms with van der Waals surface area (Å²) >= 11 is 1.80. The van der Waals surface area contributed by atoms with Gasteiger partial charge in [-0.25, -0.2) is 0 Å².